The fourth-order valence-corrected chi connectivity index (χ4v) is 4.32. The summed E-state index contributed by atoms with van der Waals surface area (Å²) in [6.07, 6.45) is 4.95. The third-order valence-corrected chi connectivity index (χ3v) is 6.36. The minimum Gasteiger partial charge on any atom is -0.490 e. The van der Waals surface area contributed by atoms with Crippen molar-refractivity contribution in [3.8, 4) is 5.75 Å². The van der Waals surface area contributed by atoms with Gasteiger partial charge in [0, 0.05) is 48.8 Å². The van der Waals surface area contributed by atoms with Crippen LogP contribution in [0.4, 0.5) is 15.8 Å². The van der Waals surface area contributed by atoms with Crippen LogP contribution in [-0.4, -0.2) is 58.3 Å². The Balaban J connectivity index is 1.46. The van der Waals surface area contributed by atoms with Crippen LogP contribution < -0.4 is 20.9 Å². The zero-order valence-corrected chi connectivity index (χ0v) is 21.2. The van der Waals surface area contributed by atoms with E-state index in [1.54, 1.807) is 36.8 Å². The number of hydrogen-bond acceptors (Lipinski definition) is 7. The Labute approximate surface area is 214 Å². The van der Waals surface area contributed by atoms with Crippen molar-refractivity contribution in [2.75, 3.05) is 43.5 Å². The van der Waals surface area contributed by atoms with E-state index >= 15 is 0 Å². The number of aromatic nitrogens is 2. The van der Waals surface area contributed by atoms with Crippen molar-refractivity contribution in [1.82, 2.24) is 14.9 Å². The Morgan fingerprint density at radius 1 is 1.28 bits per heavy atom. The molecule has 3 heterocycles. The van der Waals surface area contributed by atoms with Crippen molar-refractivity contribution in [3.63, 3.8) is 0 Å². The SMILES string of the molecule is CC(C)(COc1cnccc1CNc1cc[nH]c(=O)c1C(=S)Nc1cccc(F)c1)N1CCOCC1. The summed E-state index contributed by atoms with van der Waals surface area (Å²) in [6.45, 7) is 8.36. The minimum atomic E-state index is -0.398. The number of pyridine rings is 2. The number of anilines is 2. The molecule has 10 heteroatoms. The van der Waals surface area contributed by atoms with Crippen LogP contribution in [0, 0.1) is 5.82 Å². The van der Waals surface area contributed by atoms with E-state index in [2.05, 4.69) is 39.3 Å². The highest BCUT2D eigenvalue weighted by Crippen LogP contribution is 2.23. The predicted molar refractivity (Wildman–Crippen MR) is 142 cm³/mol. The van der Waals surface area contributed by atoms with Gasteiger partial charge in [-0.3, -0.25) is 14.7 Å². The van der Waals surface area contributed by atoms with Crippen molar-refractivity contribution in [2.45, 2.75) is 25.9 Å². The second-order valence-corrected chi connectivity index (χ2v) is 9.51. The molecule has 0 bridgehead atoms. The topological polar surface area (TPSA) is 91.5 Å². The number of H-pyrrole nitrogens is 1. The van der Waals surface area contributed by atoms with Crippen molar-refractivity contribution >= 4 is 28.6 Å². The summed E-state index contributed by atoms with van der Waals surface area (Å²) in [5, 5.41) is 6.23. The molecule has 1 aliphatic heterocycles. The van der Waals surface area contributed by atoms with E-state index in [1.165, 1.54) is 12.1 Å². The van der Waals surface area contributed by atoms with Gasteiger partial charge in [-0.15, -0.1) is 0 Å². The van der Waals surface area contributed by atoms with Gasteiger partial charge < -0.3 is 25.1 Å². The highest BCUT2D eigenvalue weighted by molar-refractivity contribution is 7.81. The molecule has 3 aromatic rings. The number of ether oxygens (including phenoxy) is 2. The third kappa shape index (κ3) is 6.45. The molecule has 0 unspecified atom stereocenters. The number of nitrogens with one attached hydrogen (secondary N) is 3. The summed E-state index contributed by atoms with van der Waals surface area (Å²) in [4.78, 5) is 22.1. The van der Waals surface area contributed by atoms with Crippen LogP contribution in [-0.2, 0) is 11.3 Å². The first-order valence-electron chi connectivity index (χ1n) is 11.7. The quantitative estimate of drug-likeness (QED) is 0.374. The number of hydrogen-bond donors (Lipinski definition) is 3. The molecule has 1 aromatic carbocycles. The summed E-state index contributed by atoms with van der Waals surface area (Å²) < 4.78 is 25.3. The number of rotatable bonds is 9. The van der Waals surface area contributed by atoms with Gasteiger partial charge in [-0.05, 0) is 44.2 Å². The van der Waals surface area contributed by atoms with Crippen molar-refractivity contribution < 1.29 is 13.9 Å². The number of thiocarbonyl (C=S) groups is 1. The molecule has 0 amide bonds. The zero-order valence-electron chi connectivity index (χ0n) is 20.3. The van der Waals surface area contributed by atoms with Gasteiger partial charge in [0.15, 0.2) is 0 Å². The van der Waals surface area contributed by atoms with Gasteiger partial charge in [0.1, 0.15) is 23.2 Å². The molecular weight excluding hydrogens is 481 g/mol. The van der Waals surface area contributed by atoms with E-state index in [0.717, 1.165) is 31.9 Å². The molecule has 2 aromatic heterocycles. The third-order valence-electron chi connectivity index (χ3n) is 6.06. The second-order valence-electron chi connectivity index (χ2n) is 9.10. The lowest BCUT2D eigenvalue weighted by atomic mass is 10.0. The number of aromatic amines is 1. The summed E-state index contributed by atoms with van der Waals surface area (Å²) in [5.74, 6) is 0.267. The van der Waals surface area contributed by atoms with Gasteiger partial charge in [-0.2, -0.15) is 0 Å². The Morgan fingerprint density at radius 2 is 2.08 bits per heavy atom. The molecule has 190 valence electrons. The second kappa shape index (κ2) is 11.6. The van der Waals surface area contributed by atoms with Crippen molar-refractivity contribution in [3.05, 3.63) is 82.3 Å². The standard InChI is InChI=1S/C26H30FN5O3S/c1-26(2,32-10-12-34-13-11-32)17-35-22-16-28-8-6-18(22)15-30-21-7-9-29-24(33)23(21)25(36)31-20-5-3-4-19(27)14-20/h3-9,14,16H,10-13,15,17H2,1-2H3,(H,31,36)(H2,29,30,33). The van der Waals surface area contributed by atoms with E-state index in [4.69, 9.17) is 21.7 Å². The molecule has 8 nitrogen and oxygen atoms in total. The van der Waals surface area contributed by atoms with Gasteiger partial charge in [-0.1, -0.05) is 18.3 Å². The average molecular weight is 512 g/mol. The first-order valence-corrected chi connectivity index (χ1v) is 12.2. The zero-order chi connectivity index (χ0) is 25.5. The number of morpholine rings is 1. The lowest BCUT2D eigenvalue weighted by Crippen LogP contribution is -2.53. The Morgan fingerprint density at radius 3 is 2.86 bits per heavy atom. The molecule has 4 rings (SSSR count). The highest BCUT2D eigenvalue weighted by Gasteiger charge is 2.29. The molecule has 0 saturated carbocycles. The van der Waals surface area contributed by atoms with E-state index in [1.807, 2.05) is 6.07 Å². The fourth-order valence-electron chi connectivity index (χ4n) is 4.00. The number of nitrogens with zero attached hydrogens (tertiary/aromatic N) is 2. The smallest absolute Gasteiger partial charge is 0.260 e. The first kappa shape index (κ1) is 25.7. The Bertz CT molecular complexity index is 1260. The minimum absolute atomic E-state index is 0.168. The van der Waals surface area contributed by atoms with E-state index in [9.17, 15) is 9.18 Å². The molecule has 1 aliphatic rings. The molecule has 0 atom stereocenters. The molecule has 0 aliphatic carbocycles. The van der Waals surface area contributed by atoms with Gasteiger partial charge in [-0.25, -0.2) is 4.39 Å². The maximum Gasteiger partial charge on any atom is 0.260 e. The summed E-state index contributed by atoms with van der Waals surface area (Å²) in [6, 6.07) is 9.51. The van der Waals surface area contributed by atoms with E-state index in [0.29, 0.717) is 30.3 Å². The first-order chi connectivity index (χ1) is 17.3. The van der Waals surface area contributed by atoms with E-state index < -0.39 is 5.82 Å². The molecule has 36 heavy (non-hydrogen) atoms. The Kier molecular flexibility index (Phi) is 8.29. The van der Waals surface area contributed by atoms with Crippen LogP contribution in [0.3, 0.4) is 0 Å². The van der Waals surface area contributed by atoms with Gasteiger partial charge in [0.05, 0.1) is 30.7 Å². The Hall–Kier alpha value is -3.34. The molecule has 1 fully saturated rings. The summed E-state index contributed by atoms with van der Waals surface area (Å²) in [5.41, 5.74) is 1.64. The van der Waals surface area contributed by atoms with Crippen LogP contribution in [0.5, 0.6) is 5.75 Å². The van der Waals surface area contributed by atoms with Crippen LogP contribution in [0.15, 0.2) is 59.8 Å². The number of halogens is 1. The lowest BCUT2D eigenvalue weighted by Gasteiger charge is -2.40. The normalized spacial score (nSPS) is 14.3. The van der Waals surface area contributed by atoms with Gasteiger partial charge >= 0.3 is 0 Å². The lowest BCUT2D eigenvalue weighted by molar-refractivity contribution is -0.0252. The largest absolute Gasteiger partial charge is 0.490 e. The van der Waals surface area contributed by atoms with Gasteiger partial charge in [0.25, 0.3) is 5.56 Å². The molecule has 0 spiro atoms. The fraction of sp³-hybridized carbons (Fsp3) is 0.346. The maximum absolute atomic E-state index is 13.6. The van der Waals surface area contributed by atoms with Crippen LogP contribution in [0.25, 0.3) is 0 Å². The predicted octanol–water partition coefficient (Wildman–Crippen LogP) is 3.80. The van der Waals surface area contributed by atoms with Gasteiger partial charge in [0.2, 0.25) is 0 Å². The molecule has 3 N–H and O–H groups in total. The monoisotopic (exact) mass is 511 g/mol. The molecular formula is C26H30FN5O3S. The van der Waals surface area contributed by atoms with Crippen LogP contribution in [0.1, 0.15) is 25.0 Å². The molecule has 1 saturated heterocycles. The maximum atomic E-state index is 13.6. The van der Waals surface area contributed by atoms with Crippen LogP contribution in [0.2, 0.25) is 0 Å². The van der Waals surface area contributed by atoms with Crippen molar-refractivity contribution in [1.29, 1.82) is 0 Å². The highest BCUT2D eigenvalue weighted by atomic mass is 32.1. The van der Waals surface area contributed by atoms with Crippen molar-refractivity contribution in [2.24, 2.45) is 0 Å². The number of benzene rings is 1. The molecule has 0 radical (unpaired) electrons. The average Bonchev–Trinajstić information content (AvgIpc) is 2.87. The van der Waals surface area contributed by atoms with Crippen LogP contribution >= 0.6 is 12.2 Å². The summed E-state index contributed by atoms with van der Waals surface area (Å²) in [7, 11) is 0. The van der Waals surface area contributed by atoms with E-state index in [-0.39, 0.29) is 21.7 Å². The summed E-state index contributed by atoms with van der Waals surface area (Å²) >= 11 is 5.48.